The van der Waals surface area contributed by atoms with Crippen molar-refractivity contribution in [2.75, 3.05) is 0 Å². The van der Waals surface area contributed by atoms with Gasteiger partial charge >= 0.3 is 0 Å². The summed E-state index contributed by atoms with van der Waals surface area (Å²) in [5.74, 6) is 0. The molecule has 2 aromatic rings. The molecule has 98 valence electrons. The first-order chi connectivity index (χ1) is 7.98. The van der Waals surface area contributed by atoms with Crippen LogP contribution in [0.4, 0.5) is 0 Å². The first-order valence-corrected chi connectivity index (χ1v) is 6.64. The lowest BCUT2D eigenvalue weighted by Crippen LogP contribution is -2.21. The van der Waals surface area contributed by atoms with Gasteiger partial charge in [-0.15, -0.1) is 12.4 Å². The fourth-order valence-electron chi connectivity index (χ4n) is 1.50. The Kier molecular flexibility index (Phi) is 5.14. The maximum Gasteiger partial charge on any atom is 0.173 e. The molecule has 0 bridgehead atoms. The van der Waals surface area contributed by atoms with E-state index < -0.39 is 0 Å². The lowest BCUT2D eigenvalue weighted by molar-refractivity contribution is 0.367. The third-order valence-corrected chi connectivity index (χ3v) is 3.87. The molecule has 0 unspecified atom stereocenters. The number of imidazole rings is 1. The summed E-state index contributed by atoms with van der Waals surface area (Å²) in [6.07, 6.45) is 3.82. The van der Waals surface area contributed by atoms with Gasteiger partial charge in [0.2, 0.25) is 0 Å². The van der Waals surface area contributed by atoms with E-state index in [0.717, 1.165) is 15.1 Å². The standard InChI is InChI=1S/C13H15ClN2S.ClH/c1-13(2,3)16-9-8-15-12(16)17-11-7-5-4-6-10(11)14;/h4-9H,1-3H3;1H. The minimum Gasteiger partial charge on any atom is -0.320 e. The summed E-state index contributed by atoms with van der Waals surface area (Å²) in [6, 6.07) is 7.82. The fourth-order valence-corrected chi connectivity index (χ4v) is 2.81. The van der Waals surface area contributed by atoms with Gasteiger partial charge in [-0.2, -0.15) is 0 Å². The highest BCUT2D eigenvalue weighted by atomic mass is 35.5. The number of nitrogens with zero attached hydrogens (tertiary/aromatic N) is 2. The highest BCUT2D eigenvalue weighted by molar-refractivity contribution is 7.99. The molecule has 2 nitrogen and oxygen atoms in total. The average molecular weight is 303 g/mol. The van der Waals surface area contributed by atoms with E-state index in [4.69, 9.17) is 11.6 Å². The van der Waals surface area contributed by atoms with Gasteiger partial charge in [-0.05, 0) is 32.9 Å². The van der Waals surface area contributed by atoms with Crippen molar-refractivity contribution in [2.24, 2.45) is 0 Å². The van der Waals surface area contributed by atoms with Crippen LogP contribution in [0, 0.1) is 0 Å². The second-order valence-electron chi connectivity index (χ2n) is 4.78. The molecule has 0 aliphatic heterocycles. The van der Waals surface area contributed by atoms with Crippen molar-refractivity contribution in [3.63, 3.8) is 0 Å². The third kappa shape index (κ3) is 3.44. The second-order valence-corrected chi connectivity index (χ2v) is 6.20. The first kappa shape index (κ1) is 15.4. The smallest absolute Gasteiger partial charge is 0.173 e. The monoisotopic (exact) mass is 302 g/mol. The Morgan fingerprint density at radius 2 is 1.89 bits per heavy atom. The summed E-state index contributed by atoms with van der Waals surface area (Å²) in [5.41, 5.74) is 0.0279. The zero-order valence-corrected chi connectivity index (χ0v) is 12.9. The van der Waals surface area contributed by atoms with Gasteiger partial charge < -0.3 is 4.57 Å². The molecule has 1 aromatic carbocycles. The number of benzene rings is 1. The minimum atomic E-state index is 0. The van der Waals surface area contributed by atoms with Crippen LogP contribution in [0.2, 0.25) is 5.02 Å². The molecule has 0 N–H and O–H groups in total. The van der Waals surface area contributed by atoms with Crippen molar-refractivity contribution >= 4 is 35.8 Å². The molecular weight excluding hydrogens is 287 g/mol. The topological polar surface area (TPSA) is 17.8 Å². The molecule has 0 saturated carbocycles. The van der Waals surface area contributed by atoms with Gasteiger partial charge in [0.05, 0.1) is 5.02 Å². The molecule has 1 aromatic heterocycles. The Balaban J connectivity index is 0.00000162. The Labute approximate surface area is 123 Å². The molecule has 0 aliphatic rings. The molecule has 0 spiro atoms. The highest BCUT2D eigenvalue weighted by Gasteiger charge is 2.17. The van der Waals surface area contributed by atoms with Gasteiger partial charge in [0, 0.05) is 22.8 Å². The predicted molar refractivity (Wildman–Crippen MR) is 80.0 cm³/mol. The summed E-state index contributed by atoms with van der Waals surface area (Å²) >= 11 is 7.74. The molecule has 1 heterocycles. The molecule has 2 rings (SSSR count). The quantitative estimate of drug-likeness (QED) is 0.788. The highest BCUT2D eigenvalue weighted by Crippen LogP contribution is 2.33. The van der Waals surface area contributed by atoms with Crippen molar-refractivity contribution in [1.82, 2.24) is 9.55 Å². The molecule has 0 aliphatic carbocycles. The van der Waals surface area contributed by atoms with E-state index in [1.807, 2.05) is 36.7 Å². The molecule has 0 atom stereocenters. The molecule has 0 saturated heterocycles. The number of hydrogen-bond donors (Lipinski definition) is 0. The lowest BCUT2D eigenvalue weighted by Gasteiger charge is -2.23. The van der Waals surface area contributed by atoms with E-state index in [2.05, 4.69) is 30.3 Å². The van der Waals surface area contributed by atoms with Gasteiger partial charge in [0.1, 0.15) is 0 Å². The number of hydrogen-bond acceptors (Lipinski definition) is 2. The summed E-state index contributed by atoms with van der Waals surface area (Å²) in [6.45, 7) is 6.47. The van der Waals surface area contributed by atoms with Crippen LogP contribution in [0.25, 0.3) is 0 Å². The van der Waals surface area contributed by atoms with Crippen molar-refractivity contribution in [3.05, 3.63) is 41.7 Å². The summed E-state index contributed by atoms with van der Waals surface area (Å²) < 4.78 is 2.15. The molecule has 0 fully saturated rings. The van der Waals surface area contributed by atoms with Crippen LogP contribution in [0.1, 0.15) is 20.8 Å². The van der Waals surface area contributed by atoms with Crippen LogP contribution >= 0.6 is 35.8 Å². The van der Waals surface area contributed by atoms with Crippen molar-refractivity contribution in [3.8, 4) is 0 Å². The van der Waals surface area contributed by atoms with Crippen LogP contribution in [-0.2, 0) is 5.54 Å². The largest absolute Gasteiger partial charge is 0.320 e. The van der Waals surface area contributed by atoms with E-state index in [9.17, 15) is 0 Å². The first-order valence-electron chi connectivity index (χ1n) is 5.45. The Morgan fingerprint density at radius 3 is 2.50 bits per heavy atom. The van der Waals surface area contributed by atoms with Crippen molar-refractivity contribution < 1.29 is 0 Å². The summed E-state index contributed by atoms with van der Waals surface area (Å²) in [5, 5.41) is 1.73. The van der Waals surface area contributed by atoms with E-state index in [1.165, 1.54) is 0 Å². The maximum atomic E-state index is 6.15. The van der Waals surface area contributed by atoms with Gasteiger partial charge in [0.15, 0.2) is 5.16 Å². The van der Waals surface area contributed by atoms with Crippen LogP contribution in [-0.4, -0.2) is 9.55 Å². The Morgan fingerprint density at radius 1 is 1.22 bits per heavy atom. The van der Waals surface area contributed by atoms with E-state index >= 15 is 0 Å². The van der Waals surface area contributed by atoms with Crippen molar-refractivity contribution in [1.29, 1.82) is 0 Å². The molecule has 0 amide bonds. The number of halogens is 2. The Bertz CT molecular complexity index is 518. The Hall–Kier alpha value is -0.640. The minimum absolute atomic E-state index is 0. The van der Waals surface area contributed by atoms with Gasteiger partial charge in [-0.25, -0.2) is 4.98 Å². The van der Waals surface area contributed by atoms with E-state index in [-0.39, 0.29) is 17.9 Å². The van der Waals surface area contributed by atoms with E-state index in [0.29, 0.717) is 0 Å². The molecule has 5 heteroatoms. The predicted octanol–water partition coefficient (Wildman–Crippen LogP) is 4.86. The van der Waals surface area contributed by atoms with Crippen molar-refractivity contribution in [2.45, 2.75) is 36.4 Å². The van der Waals surface area contributed by atoms with E-state index in [1.54, 1.807) is 11.8 Å². The normalized spacial score (nSPS) is 11.1. The van der Waals surface area contributed by atoms with Gasteiger partial charge in [0.25, 0.3) is 0 Å². The fraction of sp³-hybridized carbons (Fsp3) is 0.308. The second kappa shape index (κ2) is 6.00. The third-order valence-electron chi connectivity index (χ3n) is 2.37. The van der Waals surface area contributed by atoms with Gasteiger partial charge in [-0.3, -0.25) is 0 Å². The van der Waals surface area contributed by atoms with Crippen LogP contribution in [0.3, 0.4) is 0 Å². The molecule has 0 radical (unpaired) electrons. The SMILES string of the molecule is CC(C)(C)n1ccnc1Sc1ccccc1Cl.Cl. The molecular formula is C13H16Cl2N2S. The summed E-state index contributed by atoms with van der Waals surface area (Å²) in [7, 11) is 0. The van der Waals surface area contributed by atoms with Crippen LogP contribution in [0.15, 0.2) is 46.7 Å². The van der Waals surface area contributed by atoms with Crippen LogP contribution < -0.4 is 0 Å². The average Bonchev–Trinajstić information content (AvgIpc) is 2.69. The number of rotatable bonds is 2. The maximum absolute atomic E-state index is 6.15. The zero-order valence-electron chi connectivity index (χ0n) is 10.6. The summed E-state index contributed by atoms with van der Waals surface area (Å²) in [4.78, 5) is 5.42. The molecule has 18 heavy (non-hydrogen) atoms. The van der Waals surface area contributed by atoms with Gasteiger partial charge in [-0.1, -0.05) is 35.5 Å². The lowest BCUT2D eigenvalue weighted by atomic mass is 10.1. The van der Waals surface area contributed by atoms with Crippen LogP contribution in [0.5, 0.6) is 0 Å². The number of aromatic nitrogens is 2. The zero-order chi connectivity index (χ0) is 12.5.